The Bertz CT molecular complexity index is 370. The van der Waals surface area contributed by atoms with Crippen LogP contribution in [0.25, 0.3) is 0 Å². The fraction of sp³-hybridized carbons (Fsp3) is 0.692. The van der Waals surface area contributed by atoms with Crippen molar-refractivity contribution in [1.82, 2.24) is 15.3 Å². The van der Waals surface area contributed by atoms with Crippen LogP contribution in [-0.2, 0) is 0 Å². The first-order valence-corrected chi connectivity index (χ1v) is 6.39. The fourth-order valence-corrected chi connectivity index (χ4v) is 1.42. The van der Waals surface area contributed by atoms with Gasteiger partial charge in [0.1, 0.15) is 17.5 Å². The highest BCUT2D eigenvalue weighted by molar-refractivity contribution is 5.47. The SMILES string of the molecule is CNCCNc1cc(NCC(C)(C)C)nc(C)n1. The van der Waals surface area contributed by atoms with Crippen LogP contribution in [0.15, 0.2) is 6.07 Å². The van der Waals surface area contributed by atoms with Gasteiger partial charge < -0.3 is 16.0 Å². The van der Waals surface area contributed by atoms with Gasteiger partial charge in [0.05, 0.1) is 0 Å². The lowest BCUT2D eigenvalue weighted by Gasteiger charge is -2.19. The van der Waals surface area contributed by atoms with E-state index in [1.54, 1.807) is 0 Å². The van der Waals surface area contributed by atoms with Crippen molar-refractivity contribution in [2.45, 2.75) is 27.7 Å². The lowest BCUT2D eigenvalue weighted by Crippen LogP contribution is -2.21. The summed E-state index contributed by atoms with van der Waals surface area (Å²) < 4.78 is 0. The molecule has 102 valence electrons. The molecule has 5 nitrogen and oxygen atoms in total. The molecule has 0 radical (unpaired) electrons. The summed E-state index contributed by atoms with van der Waals surface area (Å²) in [5.41, 5.74) is 0.235. The number of hydrogen-bond donors (Lipinski definition) is 3. The van der Waals surface area contributed by atoms with Crippen LogP contribution in [0.1, 0.15) is 26.6 Å². The summed E-state index contributed by atoms with van der Waals surface area (Å²) in [6.07, 6.45) is 0. The zero-order valence-electron chi connectivity index (χ0n) is 12.1. The molecule has 0 fully saturated rings. The molecule has 0 aromatic carbocycles. The van der Waals surface area contributed by atoms with Crippen molar-refractivity contribution in [3.63, 3.8) is 0 Å². The molecule has 0 aliphatic rings. The van der Waals surface area contributed by atoms with Crippen LogP contribution in [-0.4, -0.2) is 36.6 Å². The van der Waals surface area contributed by atoms with E-state index < -0.39 is 0 Å². The van der Waals surface area contributed by atoms with Gasteiger partial charge in [-0.1, -0.05) is 20.8 Å². The second kappa shape index (κ2) is 6.54. The van der Waals surface area contributed by atoms with Gasteiger partial charge in [0.2, 0.25) is 0 Å². The Morgan fingerprint density at radius 3 is 2.22 bits per heavy atom. The Kier molecular flexibility index (Phi) is 5.34. The van der Waals surface area contributed by atoms with Crippen LogP contribution in [0.5, 0.6) is 0 Å². The number of anilines is 2. The van der Waals surface area contributed by atoms with Crippen molar-refractivity contribution in [3.05, 3.63) is 11.9 Å². The number of nitrogens with zero attached hydrogens (tertiary/aromatic N) is 2. The summed E-state index contributed by atoms with van der Waals surface area (Å²) in [5, 5.41) is 9.71. The average molecular weight is 251 g/mol. The number of aromatic nitrogens is 2. The molecular formula is C13H25N5. The van der Waals surface area contributed by atoms with Gasteiger partial charge in [-0.25, -0.2) is 9.97 Å². The number of likely N-dealkylation sites (N-methyl/N-ethyl adjacent to an activating group) is 1. The molecular weight excluding hydrogens is 226 g/mol. The molecule has 1 heterocycles. The van der Waals surface area contributed by atoms with Crippen LogP contribution in [0.3, 0.4) is 0 Å². The first kappa shape index (κ1) is 14.7. The van der Waals surface area contributed by atoms with E-state index in [4.69, 9.17) is 0 Å². The summed E-state index contributed by atoms with van der Waals surface area (Å²) in [4.78, 5) is 8.75. The molecule has 0 saturated carbocycles. The molecule has 3 N–H and O–H groups in total. The normalized spacial score (nSPS) is 11.4. The summed E-state index contributed by atoms with van der Waals surface area (Å²) in [6.45, 7) is 11.1. The predicted octanol–water partition coefficient (Wildman–Crippen LogP) is 1.87. The van der Waals surface area contributed by atoms with Gasteiger partial charge >= 0.3 is 0 Å². The molecule has 0 bridgehead atoms. The summed E-state index contributed by atoms with van der Waals surface area (Å²) in [5.74, 6) is 2.53. The topological polar surface area (TPSA) is 61.9 Å². The maximum Gasteiger partial charge on any atom is 0.131 e. The van der Waals surface area contributed by atoms with Crippen LogP contribution in [0.4, 0.5) is 11.6 Å². The fourth-order valence-electron chi connectivity index (χ4n) is 1.42. The second-order valence-electron chi connectivity index (χ2n) is 5.63. The van der Waals surface area contributed by atoms with Gasteiger partial charge in [-0.05, 0) is 19.4 Å². The number of rotatable bonds is 6. The van der Waals surface area contributed by atoms with Crippen molar-refractivity contribution in [3.8, 4) is 0 Å². The maximum atomic E-state index is 4.39. The highest BCUT2D eigenvalue weighted by Gasteiger charge is 2.10. The van der Waals surface area contributed by atoms with Gasteiger partial charge in [0, 0.05) is 25.7 Å². The molecule has 5 heteroatoms. The third-order valence-electron chi connectivity index (χ3n) is 2.32. The monoisotopic (exact) mass is 251 g/mol. The van der Waals surface area contributed by atoms with Gasteiger partial charge in [-0.2, -0.15) is 0 Å². The molecule has 0 amide bonds. The zero-order valence-corrected chi connectivity index (χ0v) is 12.1. The Hall–Kier alpha value is -1.36. The van der Waals surface area contributed by atoms with Gasteiger partial charge in [0.25, 0.3) is 0 Å². The van der Waals surface area contributed by atoms with E-state index in [2.05, 4.69) is 46.7 Å². The summed E-state index contributed by atoms with van der Waals surface area (Å²) in [6, 6.07) is 1.95. The lowest BCUT2D eigenvalue weighted by atomic mass is 9.97. The first-order valence-electron chi connectivity index (χ1n) is 6.39. The highest BCUT2D eigenvalue weighted by Crippen LogP contribution is 2.16. The maximum absolute atomic E-state index is 4.39. The largest absolute Gasteiger partial charge is 0.369 e. The van der Waals surface area contributed by atoms with E-state index in [0.29, 0.717) is 0 Å². The molecule has 0 saturated heterocycles. The molecule has 18 heavy (non-hydrogen) atoms. The quantitative estimate of drug-likeness (QED) is 0.674. The van der Waals surface area contributed by atoms with E-state index in [-0.39, 0.29) is 5.41 Å². The van der Waals surface area contributed by atoms with E-state index in [9.17, 15) is 0 Å². The first-order chi connectivity index (χ1) is 8.40. The van der Waals surface area contributed by atoms with Gasteiger partial charge in [-0.15, -0.1) is 0 Å². The van der Waals surface area contributed by atoms with Crippen molar-refractivity contribution < 1.29 is 0 Å². The molecule has 0 atom stereocenters. The van der Waals surface area contributed by atoms with Crippen LogP contribution in [0.2, 0.25) is 0 Å². The lowest BCUT2D eigenvalue weighted by molar-refractivity contribution is 0.442. The Morgan fingerprint density at radius 2 is 1.67 bits per heavy atom. The van der Waals surface area contributed by atoms with E-state index in [1.165, 1.54) is 0 Å². The van der Waals surface area contributed by atoms with Crippen LogP contribution >= 0.6 is 0 Å². The minimum absolute atomic E-state index is 0.235. The van der Waals surface area contributed by atoms with E-state index in [1.807, 2.05) is 20.0 Å². The third kappa shape index (κ3) is 5.82. The number of aryl methyl sites for hydroxylation is 1. The summed E-state index contributed by atoms with van der Waals surface area (Å²) in [7, 11) is 1.93. The second-order valence-corrected chi connectivity index (χ2v) is 5.63. The third-order valence-corrected chi connectivity index (χ3v) is 2.32. The molecule has 1 aromatic rings. The van der Waals surface area contributed by atoms with Crippen molar-refractivity contribution in [2.75, 3.05) is 37.3 Å². The van der Waals surface area contributed by atoms with E-state index >= 15 is 0 Å². The van der Waals surface area contributed by atoms with Crippen molar-refractivity contribution in [1.29, 1.82) is 0 Å². The summed E-state index contributed by atoms with van der Waals surface area (Å²) >= 11 is 0. The Morgan fingerprint density at radius 1 is 1.06 bits per heavy atom. The standard InChI is InChI=1S/C13H25N5/c1-10-17-11(15-7-6-14-5)8-12(18-10)16-9-13(2,3)4/h8,14H,6-7,9H2,1-5H3,(H2,15,16,17,18). The van der Waals surface area contributed by atoms with E-state index in [0.717, 1.165) is 37.1 Å². The van der Waals surface area contributed by atoms with Crippen molar-refractivity contribution in [2.24, 2.45) is 5.41 Å². The van der Waals surface area contributed by atoms with Gasteiger partial charge in [-0.3, -0.25) is 0 Å². The molecule has 1 rings (SSSR count). The average Bonchev–Trinajstić information content (AvgIpc) is 2.25. The minimum atomic E-state index is 0.235. The molecule has 0 aliphatic heterocycles. The Balaban J connectivity index is 2.62. The molecule has 0 spiro atoms. The number of hydrogen-bond acceptors (Lipinski definition) is 5. The molecule has 0 aliphatic carbocycles. The van der Waals surface area contributed by atoms with Gasteiger partial charge in [0.15, 0.2) is 0 Å². The van der Waals surface area contributed by atoms with Crippen molar-refractivity contribution >= 4 is 11.6 Å². The Labute approximate surface area is 110 Å². The predicted molar refractivity (Wildman–Crippen MR) is 77.1 cm³/mol. The zero-order chi connectivity index (χ0) is 13.6. The molecule has 0 unspecified atom stereocenters. The van der Waals surface area contributed by atoms with Crippen LogP contribution in [0, 0.1) is 12.3 Å². The highest BCUT2D eigenvalue weighted by atomic mass is 15.1. The molecule has 1 aromatic heterocycles. The minimum Gasteiger partial charge on any atom is -0.369 e. The smallest absolute Gasteiger partial charge is 0.131 e. The van der Waals surface area contributed by atoms with Crippen LogP contribution < -0.4 is 16.0 Å². The number of nitrogens with one attached hydrogen (secondary N) is 3.